The summed E-state index contributed by atoms with van der Waals surface area (Å²) in [6, 6.07) is 10.9. The van der Waals surface area contributed by atoms with Crippen molar-refractivity contribution in [1.82, 2.24) is 0 Å². The zero-order valence-corrected chi connectivity index (χ0v) is 11.9. The Morgan fingerprint density at radius 1 is 1.15 bits per heavy atom. The lowest BCUT2D eigenvalue weighted by Gasteiger charge is -2.11. The molecular weight excluding hydrogens is 252 g/mol. The van der Waals surface area contributed by atoms with Crippen LogP contribution in [0.5, 0.6) is 5.75 Å². The SMILES string of the molecule is COc1ccc(NC(=O)c2c(C)cccc2N)cc1C. The van der Waals surface area contributed by atoms with Crippen LogP contribution in [-0.4, -0.2) is 13.0 Å². The second-order valence-corrected chi connectivity index (χ2v) is 4.68. The van der Waals surface area contributed by atoms with Gasteiger partial charge in [-0.3, -0.25) is 4.79 Å². The van der Waals surface area contributed by atoms with E-state index >= 15 is 0 Å². The summed E-state index contributed by atoms with van der Waals surface area (Å²) < 4.78 is 5.20. The highest BCUT2D eigenvalue weighted by Crippen LogP contribution is 2.23. The molecule has 0 fully saturated rings. The van der Waals surface area contributed by atoms with Crippen LogP contribution >= 0.6 is 0 Å². The van der Waals surface area contributed by atoms with Gasteiger partial charge in [-0.1, -0.05) is 12.1 Å². The topological polar surface area (TPSA) is 64.3 Å². The Morgan fingerprint density at radius 2 is 1.90 bits per heavy atom. The number of methoxy groups -OCH3 is 1. The number of hydrogen-bond acceptors (Lipinski definition) is 3. The van der Waals surface area contributed by atoms with Gasteiger partial charge in [0.2, 0.25) is 0 Å². The van der Waals surface area contributed by atoms with Crippen LogP contribution in [0.15, 0.2) is 36.4 Å². The quantitative estimate of drug-likeness (QED) is 0.842. The number of carbonyl (C=O) groups excluding carboxylic acids is 1. The highest BCUT2D eigenvalue weighted by Gasteiger charge is 2.13. The highest BCUT2D eigenvalue weighted by atomic mass is 16.5. The summed E-state index contributed by atoms with van der Waals surface area (Å²) in [6.45, 7) is 3.79. The Hall–Kier alpha value is -2.49. The zero-order chi connectivity index (χ0) is 14.7. The van der Waals surface area contributed by atoms with Crippen LogP contribution in [0.2, 0.25) is 0 Å². The summed E-state index contributed by atoms with van der Waals surface area (Å²) in [5.74, 6) is 0.587. The third-order valence-electron chi connectivity index (χ3n) is 3.18. The van der Waals surface area contributed by atoms with E-state index in [4.69, 9.17) is 10.5 Å². The van der Waals surface area contributed by atoms with Crippen molar-refractivity contribution in [3.05, 3.63) is 53.1 Å². The van der Waals surface area contributed by atoms with Gasteiger partial charge >= 0.3 is 0 Å². The van der Waals surface area contributed by atoms with Gasteiger partial charge < -0.3 is 15.8 Å². The number of nitrogen functional groups attached to an aromatic ring is 1. The van der Waals surface area contributed by atoms with Crippen molar-refractivity contribution in [2.24, 2.45) is 0 Å². The molecule has 0 saturated heterocycles. The lowest BCUT2D eigenvalue weighted by molar-refractivity contribution is 0.102. The number of aryl methyl sites for hydroxylation is 2. The molecule has 0 bridgehead atoms. The Bertz CT molecular complexity index is 631. The monoisotopic (exact) mass is 270 g/mol. The molecule has 0 radical (unpaired) electrons. The van der Waals surface area contributed by atoms with E-state index in [-0.39, 0.29) is 5.91 Å². The summed E-state index contributed by atoms with van der Waals surface area (Å²) in [5, 5.41) is 2.86. The van der Waals surface area contributed by atoms with Crippen molar-refractivity contribution in [2.75, 3.05) is 18.2 Å². The first kappa shape index (κ1) is 13.9. The van der Waals surface area contributed by atoms with E-state index in [0.717, 1.165) is 22.6 Å². The number of amides is 1. The lowest BCUT2D eigenvalue weighted by atomic mass is 10.1. The molecule has 0 aliphatic heterocycles. The van der Waals surface area contributed by atoms with Gasteiger partial charge in [0, 0.05) is 11.4 Å². The first-order chi connectivity index (χ1) is 9.52. The summed E-state index contributed by atoms with van der Waals surface area (Å²) >= 11 is 0. The Balaban J connectivity index is 2.26. The fourth-order valence-electron chi connectivity index (χ4n) is 2.15. The third kappa shape index (κ3) is 2.74. The minimum Gasteiger partial charge on any atom is -0.496 e. The molecule has 4 heteroatoms. The molecule has 2 aromatic carbocycles. The van der Waals surface area contributed by atoms with Gasteiger partial charge in [0.05, 0.1) is 12.7 Å². The van der Waals surface area contributed by atoms with E-state index in [1.54, 1.807) is 19.2 Å². The maximum atomic E-state index is 12.3. The van der Waals surface area contributed by atoms with Crippen molar-refractivity contribution < 1.29 is 9.53 Å². The van der Waals surface area contributed by atoms with Gasteiger partial charge in [0.25, 0.3) is 5.91 Å². The van der Waals surface area contributed by atoms with Gasteiger partial charge in [-0.25, -0.2) is 0 Å². The van der Waals surface area contributed by atoms with Crippen LogP contribution in [-0.2, 0) is 0 Å². The molecule has 1 amide bonds. The van der Waals surface area contributed by atoms with Crippen LogP contribution < -0.4 is 15.8 Å². The van der Waals surface area contributed by atoms with Crippen molar-refractivity contribution in [1.29, 1.82) is 0 Å². The van der Waals surface area contributed by atoms with Gasteiger partial charge in [-0.2, -0.15) is 0 Å². The summed E-state index contributed by atoms with van der Waals surface area (Å²) in [5.41, 5.74) is 9.40. The van der Waals surface area contributed by atoms with Gasteiger partial charge in [-0.05, 0) is 49.2 Å². The van der Waals surface area contributed by atoms with E-state index in [9.17, 15) is 4.79 Å². The molecule has 0 unspecified atom stereocenters. The zero-order valence-electron chi connectivity index (χ0n) is 11.9. The summed E-state index contributed by atoms with van der Waals surface area (Å²) in [4.78, 5) is 12.3. The second kappa shape index (κ2) is 5.65. The fraction of sp³-hybridized carbons (Fsp3) is 0.188. The Morgan fingerprint density at radius 3 is 2.50 bits per heavy atom. The van der Waals surface area contributed by atoms with Crippen molar-refractivity contribution in [2.45, 2.75) is 13.8 Å². The van der Waals surface area contributed by atoms with Crippen LogP contribution in [0, 0.1) is 13.8 Å². The minimum atomic E-state index is -0.204. The number of anilines is 2. The molecule has 2 aromatic rings. The average molecular weight is 270 g/mol. The molecule has 0 saturated carbocycles. The Labute approximate surface area is 118 Å². The molecule has 3 N–H and O–H groups in total. The van der Waals surface area contributed by atoms with Gasteiger partial charge in [0.1, 0.15) is 5.75 Å². The molecule has 2 rings (SSSR count). The number of nitrogens with two attached hydrogens (primary N) is 1. The predicted octanol–water partition coefficient (Wildman–Crippen LogP) is 3.15. The molecule has 4 nitrogen and oxygen atoms in total. The predicted molar refractivity (Wildman–Crippen MR) is 81.3 cm³/mol. The number of benzene rings is 2. The average Bonchev–Trinajstić information content (AvgIpc) is 2.38. The third-order valence-corrected chi connectivity index (χ3v) is 3.18. The van der Waals surface area contributed by atoms with Crippen LogP contribution in [0.1, 0.15) is 21.5 Å². The molecule has 104 valence electrons. The van der Waals surface area contributed by atoms with Gasteiger partial charge in [-0.15, -0.1) is 0 Å². The number of ether oxygens (including phenoxy) is 1. The minimum absolute atomic E-state index is 0.204. The second-order valence-electron chi connectivity index (χ2n) is 4.68. The van der Waals surface area contributed by atoms with Crippen molar-refractivity contribution in [3.8, 4) is 5.75 Å². The Kier molecular flexibility index (Phi) is 3.94. The van der Waals surface area contributed by atoms with E-state index in [0.29, 0.717) is 11.3 Å². The summed E-state index contributed by atoms with van der Waals surface area (Å²) in [6.07, 6.45) is 0. The van der Waals surface area contributed by atoms with Crippen molar-refractivity contribution in [3.63, 3.8) is 0 Å². The standard InChI is InChI=1S/C16H18N2O2/c1-10-5-4-6-13(17)15(10)16(19)18-12-7-8-14(20-3)11(2)9-12/h4-9H,17H2,1-3H3,(H,18,19). The maximum Gasteiger partial charge on any atom is 0.258 e. The largest absolute Gasteiger partial charge is 0.496 e. The highest BCUT2D eigenvalue weighted by molar-refractivity contribution is 6.08. The van der Waals surface area contributed by atoms with Crippen LogP contribution in [0.3, 0.4) is 0 Å². The van der Waals surface area contributed by atoms with E-state index < -0.39 is 0 Å². The molecular formula is C16H18N2O2. The van der Waals surface area contributed by atoms with E-state index in [1.165, 1.54) is 0 Å². The van der Waals surface area contributed by atoms with Crippen LogP contribution in [0.25, 0.3) is 0 Å². The number of hydrogen-bond donors (Lipinski definition) is 2. The van der Waals surface area contributed by atoms with Gasteiger partial charge in [0.15, 0.2) is 0 Å². The molecule has 0 aliphatic carbocycles. The lowest BCUT2D eigenvalue weighted by Crippen LogP contribution is -2.15. The smallest absolute Gasteiger partial charge is 0.258 e. The van der Waals surface area contributed by atoms with Crippen LogP contribution in [0.4, 0.5) is 11.4 Å². The van der Waals surface area contributed by atoms with E-state index in [2.05, 4.69) is 5.32 Å². The number of carbonyl (C=O) groups is 1. The molecule has 0 aliphatic rings. The molecule has 0 heterocycles. The fourth-order valence-corrected chi connectivity index (χ4v) is 2.15. The normalized spacial score (nSPS) is 10.2. The van der Waals surface area contributed by atoms with E-state index in [1.807, 2.05) is 38.1 Å². The summed E-state index contributed by atoms with van der Waals surface area (Å²) in [7, 11) is 1.62. The molecule has 0 aromatic heterocycles. The first-order valence-electron chi connectivity index (χ1n) is 6.34. The van der Waals surface area contributed by atoms with Crippen molar-refractivity contribution >= 4 is 17.3 Å². The number of rotatable bonds is 3. The molecule has 0 spiro atoms. The first-order valence-corrected chi connectivity index (χ1v) is 6.34. The maximum absolute atomic E-state index is 12.3. The number of nitrogens with one attached hydrogen (secondary N) is 1. The molecule has 0 atom stereocenters. The molecule has 20 heavy (non-hydrogen) atoms.